The molecular formula is C11H15FO2. The van der Waals surface area contributed by atoms with Crippen molar-refractivity contribution in [2.45, 2.75) is 25.9 Å². The molecule has 1 atom stereocenters. The predicted octanol–water partition coefficient (Wildman–Crippen LogP) is 2.15. The van der Waals surface area contributed by atoms with Gasteiger partial charge in [-0.15, -0.1) is 0 Å². The summed E-state index contributed by atoms with van der Waals surface area (Å²) in [5.41, 5.74) is 0.926. The van der Waals surface area contributed by atoms with Crippen LogP contribution in [0.3, 0.4) is 0 Å². The van der Waals surface area contributed by atoms with Crippen molar-refractivity contribution < 1.29 is 14.2 Å². The summed E-state index contributed by atoms with van der Waals surface area (Å²) in [6.07, 6.45) is 1.01. The molecule has 0 amide bonds. The first kappa shape index (κ1) is 11.0. The number of ether oxygens (including phenoxy) is 1. The molecule has 0 bridgehead atoms. The summed E-state index contributed by atoms with van der Waals surface area (Å²) in [5.74, 6) is 0.244. The first-order chi connectivity index (χ1) is 6.63. The maximum Gasteiger partial charge on any atom is 0.126 e. The second kappa shape index (κ2) is 4.96. The molecule has 3 heteroatoms. The fraction of sp³-hybridized carbons (Fsp3) is 0.455. The van der Waals surface area contributed by atoms with Crippen LogP contribution in [0.5, 0.6) is 5.75 Å². The molecule has 0 spiro atoms. The molecule has 0 radical (unpaired) electrons. The van der Waals surface area contributed by atoms with E-state index in [1.807, 2.05) is 0 Å². The van der Waals surface area contributed by atoms with Crippen molar-refractivity contribution in [1.82, 2.24) is 0 Å². The van der Waals surface area contributed by atoms with Gasteiger partial charge >= 0.3 is 0 Å². The van der Waals surface area contributed by atoms with Gasteiger partial charge in [0.05, 0.1) is 13.2 Å². The van der Waals surface area contributed by atoms with Gasteiger partial charge in [0.25, 0.3) is 0 Å². The third kappa shape index (κ3) is 3.00. The van der Waals surface area contributed by atoms with Gasteiger partial charge in [-0.3, -0.25) is 0 Å². The molecule has 2 nitrogen and oxygen atoms in total. The third-order valence-corrected chi connectivity index (χ3v) is 2.08. The smallest absolute Gasteiger partial charge is 0.126 e. The summed E-state index contributed by atoms with van der Waals surface area (Å²) >= 11 is 0. The number of hydrogen-bond acceptors (Lipinski definition) is 2. The maximum absolute atomic E-state index is 12.8. The van der Waals surface area contributed by atoms with Crippen molar-refractivity contribution in [3.63, 3.8) is 0 Å². The van der Waals surface area contributed by atoms with Crippen LogP contribution in [0.1, 0.15) is 18.9 Å². The number of aliphatic hydroxyl groups excluding tert-OH is 1. The van der Waals surface area contributed by atoms with Crippen molar-refractivity contribution >= 4 is 0 Å². The number of rotatable bonds is 4. The average Bonchev–Trinajstić information content (AvgIpc) is 2.15. The van der Waals surface area contributed by atoms with Crippen LogP contribution < -0.4 is 4.74 Å². The Labute approximate surface area is 83.3 Å². The van der Waals surface area contributed by atoms with E-state index in [9.17, 15) is 4.39 Å². The van der Waals surface area contributed by atoms with E-state index in [0.29, 0.717) is 18.6 Å². The Balaban J connectivity index is 2.75. The fourth-order valence-corrected chi connectivity index (χ4v) is 1.29. The zero-order chi connectivity index (χ0) is 10.6. The van der Waals surface area contributed by atoms with Gasteiger partial charge in [-0.1, -0.05) is 6.07 Å². The van der Waals surface area contributed by atoms with Crippen LogP contribution >= 0.6 is 0 Å². The van der Waals surface area contributed by atoms with Gasteiger partial charge in [-0.2, -0.15) is 0 Å². The average molecular weight is 198 g/mol. The molecule has 1 aromatic rings. The molecule has 1 rings (SSSR count). The number of benzene rings is 1. The van der Waals surface area contributed by atoms with Crippen LogP contribution in [0.4, 0.5) is 4.39 Å². The fourth-order valence-electron chi connectivity index (χ4n) is 1.29. The van der Waals surface area contributed by atoms with E-state index in [0.717, 1.165) is 5.56 Å². The monoisotopic (exact) mass is 198 g/mol. The molecular weight excluding hydrogens is 183 g/mol. The molecule has 0 fully saturated rings. The van der Waals surface area contributed by atoms with Crippen LogP contribution in [-0.4, -0.2) is 18.3 Å². The van der Waals surface area contributed by atoms with Gasteiger partial charge in [0.15, 0.2) is 0 Å². The van der Waals surface area contributed by atoms with Crippen LogP contribution in [0.15, 0.2) is 18.2 Å². The van der Waals surface area contributed by atoms with E-state index in [2.05, 4.69) is 0 Å². The van der Waals surface area contributed by atoms with E-state index in [1.54, 1.807) is 13.0 Å². The molecule has 14 heavy (non-hydrogen) atoms. The number of hydrogen-bond donors (Lipinski definition) is 1. The van der Waals surface area contributed by atoms with E-state index in [4.69, 9.17) is 9.84 Å². The van der Waals surface area contributed by atoms with Crippen molar-refractivity contribution in [1.29, 1.82) is 0 Å². The molecule has 0 unspecified atom stereocenters. The number of aryl methyl sites for hydroxylation is 1. The second-order valence-corrected chi connectivity index (χ2v) is 3.34. The van der Waals surface area contributed by atoms with E-state index >= 15 is 0 Å². The minimum atomic E-state index is -0.343. The van der Waals surface area contributed by atoms with Gasteiger partial charge in [0, 0.05) is 6.07 Å². The first-order valence-electron chi connectivity index (χ1n) is 4.64. The Morgan fingerprint density at radius 1 is 1.50 bits per heavy atom. The van der Waals surface area contributed by atoms with E-state index in [1.165, 1.54) is 19.2 Å². The van der Waals surface area contributed by atoms with E-state index in [-0.39, 0.29) is 11.9 Å². The highest BCUT2D eigenvalue weighted by molar-refractivity contribution is 5.34. The summed E-state index contributed by atoms with van der Waals surface area (Å²) in [7, 11) is 1.51. The molecule has 1 aromatic carbocycles. The van der Waals surface area contributed by atoms with Crippen molar-refractivity contribution in [3.8, 4) is 5.75 Å². The highest BCUT2D eigenvalue weighted by atomic mass is 19.1. The van der Waals surface area contributed by atoms with Crippen LogP contribution in [-0.2, 0) is 6.42 Å². The minimum absolute atomic E-state index is 0.303. The highest BCUT2D eigenvalue weighted by Crippen LogP contribution is 2.21. The normalized spacial score (nSPS) is 12.6. The lowest BCUT2D eigenvalue weighted by molar-refractivity contribution is 0.184. The Hall–Kier alpha value is -1.09. The van der Waals surface area contributed by atoms with Gasteiger partial charge < -0.3 is 9.84 Å². The van der Waals surface area contributed by atoms with Crippen molar-refractivity contribution in [2.24, 2.45) is 0 Å². The molecule has 0 saturated carbocycles. The molecule has 0 saturated heterocycles. The van der Waals surface area contributed by atoms with Gasteiger partial charge in [0.2, 0.25) is 0 Å². The topological polar surface area (TPSA) is 29.5 Å². The number of aliphatic hydroxyl groups is 1. The molecule has 0 heterocycles. The zero-order valence-corrected chi connectivity index (χ0v) is 8.46. The highest BCUT2D eigenvalue weighted by Gasteiger charge is 2.05. The maximum atomic E-state index is 12.8. The van der Waals surface area contributed by atoms with Gasteiger partial charge in [-0.05, 0) is 31.4 Å². The largest absolute Gasteiger partial charge is 0.496 e. The lowest BCUT2D eigenvalue weighted by Gasteiger charge is -2.09. The number of methoxy groups -OCH3 is 1. The van der Waals surface area contributed by atoms with Crippen LogP contribution in [0, 0.1) is 5.82 Å². The van der Waals surface area contributed by atoms with Gasteiger partial charge in [-0.25, -0.2) is 4.39 Å². The third-order valence-electron chi connectivity index (χ3n) is 2.08. The lowest BCUT2D eigenvalue weighted by atomic mass is 10.1. The predicted molar refractivity (Wildman–Crippen MR) is 53.0 cm³/mol. The summed E-state index contributed by atoms with van der Waals surface area (Å²) in [4.78, 5) is 0. The zero-order valence-electron chi connectivity index (χ0n) is 8.46. The molecule has 0 aliphatic carbocycles. The van der Waals surface area contributed by atoms with Crippen LogP contribution in [0.2, 0.25) is 0 Å². The molecule has 0 aliphatic heterocycles. The second-order valence-electron chi connectivity index (χ2n) is 3.34. The van der Waals surface area contributed by atoms with Crippen molar-refractivity contribution in [2.75, 3.05) is 7.11 Å². The molecule has 0 aromatic heterocycles. The summed E-state index contributed by atoms with van der Waals surface area (Å²) in [5, 5.41) is 9.12. The summed E-state index contributed by atoms with van der Waals surface area (Å²) < 4.78 is 17.8. The standard InChI is InChI=1S/C11H15FO2/c1-8(13)3-4-9-5-6-10(12)7-11(9)14-2/h5-8,13H,3-4H2,1-2H3/t8-/m1/s1. The van der Waals surface area contributed by atoms with Crippen LogP contribution in [0.25, 0.3) is 0 Å². The molecule has 1 N–H and O–H groups in total. The SMILES string of the molecule is COc1cc(F)ccc1CC[C@@H](C)O. The molecule has 78 valence electrons. The Morgan fingerprint density at radius 2 is 2.21 bits per heavy atom. The Kier molecular flexibility index (Phi) is 3.89. The number of halogens is 1. The quantitative estimate of drug-likeness (QED) is 0.803. The minimum Gasteiger partial charge on any atom is -0.496 e. The summed E-state index contributed by atoms with van der Waals surface area (Å²) in [6.45, 7) is 1.73. The van der Waals surface area contributed by atoms with Gasteiger partial charge in [0.1, 0.15) is 11.6 Å². The lowest BCUT2D eigenvalue weighted by Crippen LogP contribution is -2.02. The van der Waals surface area contributed by atoms with E-state index < -0.39 is 0 Å². The Bertz CT molecular complexity index is 297. The van der Waals surface area contributed by atoms with Crippen molar-refractivity contribution in [3.05, 3.63) is 29.6 Å². The Morgan fingerprint density at radius 3 is 2.79 bits per heavy atom. The molecule has 0 aliphatic rings. The summed E-state index contributed by atoms with van der Waals surface area (Å²) in [6, 6.07) is 4.45. The first-order valence-corrected chi connectivity index (χ1v) is 4.64.